The van der Waals surface area contributed by atoms with Gasteiger partial charge in [0, 0.05) is 27.7 Å². The van der Waals surface area contributed by atoms with E-state index in [1.54, 1.807) is 0 Å². The van der Waals surface area contributed by atoms with Crippen LogP contribution >= 0.6 is 31.9 Å². The zero-order valence-corrected chi connectivity index (χ0v) is 17.3. The molecule has 0 spiro atoms. The number of halogens is 5. The first-order chi connectivity index (χ1) is 12.7. The minimum Gasteiger partial charge on any atom is -0.338 e. The van der Waals surface area contributed by atoms with E-state index in [9.17, 15) is 18.0 Å². The molecule has 0 unspecified atom stereocenters. The van der Waals surface area contributed by atoms with Gasteiger partial charge in [-0.3, -0.25) is 0 Å². The van der Waals surface area contributed by atoms with Gasteiger partial charge < -0.3 is 16.0 Å². The number of alkyl halides is 3. The molecule has 0 fully saturated rings. The maximum absolute atomic E-state index is 12.5. The Bertz CT molecular complexity index is 747. The number of rotatable bonds is 7. The van der Waals surface area contributed by atoms with E-state index in [-0.39, 0.29) is 0 Å². The molecule has 4 nitrogen and oxygen atoms in total. The second kappa shape index (κ2) is 10.1. The van der Waals surface area contributed by atoms with Gasteiger partial charge in [0.25, 0.3) is 0 Å². The maximum atomic E-state index is 12.5. The van der Waals surface area contributed by atoms with Gasteiger partial charge in [-0.1, -0.05) is 31.9 Å². The van der Waals surface area contributed by atoms with Crippen LogP contribution in [0.15, 0.2) is 51.4 Å². The minimum absolute atomic E-state index is 0.304. The lowest BCUT2D eigenvalue weighted by Gasteiger charge is -2.10. The predicted molar refractivity (Wildman–Crippen MR) is 107 cm³/mol. The van der Waals surface area contributed by atoms with Crippen LogP contribution in [0.25, 0.3) is 0 Å². The fourth-order valence-corrected chi connectivity index (χ4v) is 3.67. The van der Waals surface area contributed by atoms with Gasteiger partial charge in [-0.2, -0.15) is 13.2 Å². The number of carbonyl (C=O) groups is 1. The lowest BCUT2D eigenvalue weighted by molar-refractivity contribution is -0.137. The highest BCUT2D eigenvalue weighted by atomic mass is 79.9. The van der Waals surface area contributed by atoms with Crippen LogP contribution < -0.4 is 16.0 Å². The first-order valence-corrected chi connectivity index (χ1v) is 9.70. The Kier molecular flexibility index (Phi) is 8.12. The molecule has 0 aliphatic rings. The van der Waals surface area contributed by atoms with Gasteiger partial charge in [0.15, 0.2) is 0 Å². The lowest BCUT2D eigenvalue weighted by Crippen LogP contribution is -2.31. The number of hydrogen-bond donors (Lipinski definition) is 3. The molecule has 0 atom stereocenters. The molecule has 146 valence electrons. The van der Waals surface area contributed by atoms with Crippen molar-refractivity contribution in [3.63, 3.8) is 0 Å². The molecule has 2 rings (SSSR count). The predicted octanol–water partition coefficient (Wildman–Crippen LogP) is 5.53. The van der Waals surface area contributed by atoms with Crippen LogP contribution in [0.4, 0.5) is 23.7 Å². The number of urea groups is 1. The number of carbonyl (C=O) groups excluding carboxylic acids is 1. The van der Waals surface area contributed by atoms with E-state index in [0.717, 1.165) is 33.1 Å². The summed E-state index contributed by atoms with van der Waals surface area (Å²) in [6.07, 6.45) is -3.67. The van der Waals surface area contributed by atoms with E-state index in [0.29, 0.717) is 25.3 Å². The molecule has 0 heterocycles. The van der Waals surface area contributed by atoms with E-state index in [2.05, 4.69) is 47.8 Å². The van der Waals surface area contributed by atoms with Crippen molar-refractivity contribution >= 4 is 43.6 Å². The topological polar surface area (TPSA) is 53.2 Å². The second-order valence-corrected chi connectivity index (χ2v) is 7.60. The molecular weight excluding hydrogens is 491 g/mol. The zero-order chi connectivity index (χ0) is 19.9. The van der Waals surface area contributed by atoms with Crippen molar-refractivity contribution in [3.8, 4) is 0 Å². The summed E-state index contributed by atoms with van der Waals surface area (Å²) in [5, 5.41) is 8.45. The summed E-state index contributed by atoms with van der Waals surface area (Å²) in [5.74, 6) is 0. The molecule has 0 radical (unpaired) electrons. The van der Waals surface area contributed by atoms with Gasteiger partial charge in [0.2, 0.25) is 0 Å². The van der Waals surface area contributed by atoms with E-state index in [1.165, 1.54) is 12.1 Å². The summed E-state index contributed by atoms with van der Waals surface area (Å²) in [7, 11) is 0. The van der Waals surface area contributed by atoms with Crippen LogP contribution in [-0.4, -0.2) is 19.1 Å². The highest BCUT2D eigenvalue weighted by Crippen LogP contribution is 2.29. The van der Waals surface area contributed by atoms with Gasteiger partial charge in [-0.25, -0.2) is 4.79 Å². The molecule has 0 bridgehead atoms. The zero-order valence-electron chi connectivity index (χ0n) is 14.2. The van der Waals surface area contributed by atoms with E-state index >= 15 is 0 Å². The molecule has 0 aliphatic carbocycles. The van der Waals surface area contributed by atoms with Gasteiger partial charge in [-0.15, -0.1) is 0 Å². The molecule has 9 heteroatoms. The van der Waals surface area contributed by atoms with Crippen LogP contribution in [-0.2, 0) is 12.7 Å². The molecular formula is C18H18Br2F3N3O. The van der Waals surface area contributed by atoms with Crippen molar-refractivity contribution < 1.29 is 18.0 Å². The van der Waals surface area contributed by atoms with Crippen LogP contribution in [0.3, 0.4) is 0 Å². The Morgan fingerprint density at radius 1 is 0.963 bits per heavy atom. The summed E-state index contributed by atoms with van der Waals surface area (Å²) in [4.78, 5) is 11.7. The van der Waals surface area contributed by atoms with Crippen LogP contribution in [0, 0.1) is 0 Å². The third kappa shape index (κ3) is 7.90. The van der Waals surface area contributed by atoms with Crippen molar-refractivity contribution in [3.05, 3.63) is 62.5 Å². The monoisotopic (exact) mass is 507 g/mol. The number of anilines is 1. The van der Waals surface area contributed by atoms with Crippen molar-refractivity contribution in [2.24, 2.45) is 0 Å². The Hall–Kier alpha value is -1.58. The van der Waals surface area contributed by atoms with Crippen LogP contribution in [0.5, 0.6) is 0 Å². The highest BCUT2D eigenvalue weighted by molar-refractivity contribution is 9.11. The molecule has 2 aromatic rings. The summed E-state index contributed by atoms with van der Waals surface area (Å²) < 4.78 is 39.5. The van der Waals surface area contributed by atoms with Crippen molar-refractivity contribution in [2.45, 2.75) is 19.1 Å². The Morgan fingerprint density at radius 3 is 2.19 bits per heavy atom. The summed E-state index contributed by atoms with van der Waals surface area (Å²) in [6, 6.07) is 9.86. The van der Waals surface area contributed by atoms with E-state index < -0.39 is 17.8 Å². The molecule has 2 aromatic carbocycles. The Labute approximate surface area is 172 Å². The maximum Gasteiger partial charge on any atom is 0.416 e. The normalized spacial score (nSPS) is 11.3. The quantitative estimate of drug-likeness (QED) is 0.430. The first kappa shape index (κ1) is 21.7. The average Bonchev–Trinajstić information content (AvgIpc) is 2.57. The summed E-state index contributed by atoms with van der Waals surface area (Å²) in [5.41, 5.74) is 0.681. The number of benzene rings is 2. The van der Waals surface area contributed by atoms with Gasteiger partial charge in [0.1, 0.15) is 0 Å². The smallest absolute Gasteiger partial charge is 0.338 e. The van der Waals surface area contributed by atoms with Crippen molar-refractivity contribution in [1.82, 2.24) is 10.6 Å². The van der Waals surface area contributed by atoms with Crippen molar-refractivity contribution in [2.75, 3.05) is 18.4 Å². The van der Waals surface area contributed by atoms with Gasteiger partial charge >= 0.3 is 12.2 Å². The van der Waals surface area contributed by atoms with Crippen molar-refractivity contribution in [1.29, 1.82) is 0 Å². The van der Waals surface area contributed by atoms with Gasteiger partial charge in [-0.05, 0) is 61.0 Å². The fourth-order valence-electron chi connectivity index (χ4n) is 2.28. The molecule has 0 saturated carbocycles. The molecule has 0 aromatic heterocycles. The number of amides is 2. The number of hydrogen-bond acceptors (Lipinski definition) is 2. The highest BCUT2D eigenvalue weighted by Gasteiger charge is 2.29. The Balaban J connectivity index is 1.63. The standard InChI is InChI=1S/C18H18Br2F3N3O/c19-14-8-12(9-15(20)10-14)11-24-6-1-7-25-17(27)26-16-4-2-13(3-5-16)18(21,22)23/h2-5,8-10,24H,1,6-7,11H2,(H2,25,26,27). The van der Waals surface area contributed by atoms with E-state index in [1.807, 2.05) is 18.2 Å². The molecule has 0 saturated heterocycles. The molecule has 3 N–H and O–H groups in total. The third-order valence-corrected chi connectivity index (χ3v) is 4.45. The van der Waals surface area contributed by atoms with Crippen LogP contribution in [0.2, 0.25) is 0 Å². The molecule has 2 amide bonds. The average molecular weight is 509 g/mol. The summed E-state index contributed by atoms with van der Waals surface area (Å²) in [6.45, 7) is 1.86. The van der Waals surface area contributed by atoms with E-state index in [4.69, 9.17) is 0 Å². The third-order valence-electron chi connectivity index (χ3n) is 3.54. The molecule has 0 aliphatic heterocycles. The fraction of sp³-hybridized carbons (Fsp3) is 0.278. The largest absolute Gasteiger partial charge is 0.416 e. The first-order valence-electron chi connectivity index (χ1n) is 8.12. The molecule has 27 heavy (non-hydrogen) atoms. The summed E-state index contributed by atoms with van der Waals surface area (Å²) >= 11 is 6.87. The SMILES string of the molecule is O=C(NCCCNCc1cc(Br)cc(Br)c1)Nc1ccc(C(F)(F)F)cc1. The van der Waals surface area contributed by atoms with Gasteiger partial charge in [0.05, 0.1) is 5.56 Å². The van der Waals surface area contributed by atoms with Crippen LogP contribution in [0.1, 0.15) is 17.5 Å². The number of nitrogens with one attached hydrogen (secondary N) is 3. The second-order valence-electron chi connectivity index (χ2n) is 5.76. The minimum atomic E-state index is -4.39. The lowest BCUT2D eigenvalue weighted by atomic mass is 10.2. The Morgan fingerprint density at radius 2 is 1.59 bits per heavy atom.